The Morgan fingerprint density at radius 2 is 2.10 bits per heavy atom. The molecule has 2 N–H and O–H groups in total. The highest BCUT2D eigenvalue weighted by Gasteiger charge is 2.09. The van der Waals surface area contributed by atoms with Crippen molar-refractivity contribution in [1.82, 2.24) is 5.32 Å². The minimum absolute atomic E-state index is 0.268. The first kappa shape index (κ1) is 15.5. The molecule has 0 aliphatic carbocycles. The van der Waals surface area contributed by atoms with Crippen LogP contribution in [0.25, 0.3) is 0 Å². The first-order valence-electron chi connectivity index (χ1n) is 6.93. The van der Waals surface area contributed by atoms with Crippen molar-refractivity contribution >= 4 is 17.3 Å². The summed E-state index contributed by atoms with van der Waals surface area (Å²) in [6, 6.07) is 11.0. The first-order valence-corrected chi connectivity index (χ1v) is 7.81. The lowest BCUT2D eigenvalue weighted by atomic mass is 10.2. The fraction of sp³-hybridized carbons (Fsp3) is 0.312. The Morgan fingerprint density at radius 3 is 2.67 bits per heavy atom. The summed E-state index contributed by atoms with van der Waals surface area (Å²) in [5.74, 6) is -0.240. The van der Waals surface area contributed by atoms with Crippen LogP contribution >= 0.6 is 11.3 Å². The second kappa shape index (κ2) is 7.81. The smallest absolute Gasteiger partial charge is 0.335 e. The van der Waals surface area contributed by atoms with Crippen molar-refractivity contribution in [3.8, 4) is 5.75 Å². The van der Waals surface area contributed by atoms with Crippen LogP contribution in [0.4, 0.5) is 0 Å². The van der Waals surface area contributed by atoms with Crippen LogP contribution in [0.2, 0.25) is 0 Å². The summed E-state index contributed by atoms with van der Waals surface area (Å²) in [4.78, 5) is 12.1. The molecule has 0 saturated carbocycles. The molecular weight excluding hydrogens is 286 g/mol. The molecule has 0 bridgehead atoms. The van der Waals surface area contributed by atoms with Crippen LogP contribution < -0.4 is 10.1 Å². The van der Waals surface area contributed by atoms with Crippen LogP contribution in [0.3, 0.4) is 0 Å². The SMILES string of the molecule is CCC(NCCOc1ccc(C(=O)O)cc1)c1cccs1. The molecule has 0 saturated heterocycles. The minimum atomic E-state index is -0.926. The summed E-state index contributed by atoms with van der Waals surface area (Å²) in [7, 11) is 0. The van der Waals surface area contributed by atoms with Crippen molar-refractivity contribution in [3.63, 3.8) is 0 Å². The Balaban J connectivity index is 1.75. The zero-order chi connectivity index (χ0) is 15.1. The number of aromatic carboxylic acids is 1. The van der Waals surface area contributed by atoms with Gasteiger partial charge < -0.3 is 15.2 Å². The van der Waals surface area contributed by atoms with E-state index in [0.717, 1.165) is 13.0 Å². The number of hydrogen-bond donors (Lipinski definition) is 2. The standard InChI is InChI=1S/C16H19NO3S/c1-2-14(15-4-3-11-21-15)17-9-10-20-13-7-5-12(6-8-13)16(18)19/h3-8,11,14,17H,2,9-10H2,1H3,(H,18,19). The first-order chi connectivity index (χ1) is 10.2. The number of carbonyl (C=O) groups is 1. The predicted octanol–water partition coefficient (Wildman–Crippen LogP) is 3.57. The second-order valence-corrected chi connectivity index (χ2v) is 5.59. The molecule has 21 heavy (non-hydrogen) atoms. The van der Waals surface area contributed by atoms with Crippen molar-refractivity contribution in [2.75, 3.05) is 13.2 Å². The van der Waals surface area contributed by atoms with E-state index < -0.39 is 5.97 Å². The van der Waals surface area contributed by atoms with Crippen LogP contribution in [0.1, 0.15) is 34.6 Å². The molecule has 1 unspecified atom stereocenters. The largest absolute Gasteiger partial charge is 0.492 e. The van der Waals surface area contributed by atoms with E-state index in [2.05, 4.69) is 29.8 Å². The van der Waals surface area contributed by atoms with Crippen molar-refractivity contribution in [2.45, 2.75) is 19.4 Å². The molecule has 2 rings (SSSR count). The van der Waals surface area contributed by atoms with Gasteiger partial charge in [0.05, 0.1) is 5.56 Å². The lowest BCUT2D eigenvalue weighted by Crippen LogP contribution is -2.25. The van der Waals surface area contributed by atoms with E-state index in [1.54, 1.807) is 35.6 Å². The average molecular weight is 305 g/mol. The van der Waals surface area contributed by atoms with E-state index in [0.29, 0.717) is 18.4 Å². The Kier molecular flexibility index (Phi) is 5.78. The third-order valence-corrected chi connectivity index (χ3v) is 4.14. The van der Waals surface area contributed by atoms with E-state index >= 15 is 0 Å². The Labute approximate surface area is 128 Å². The van der Waals surface area contributed by atoms with Gasteiger partial charge in [-0.25, -0.2) is 4.79 Å². The van der Waals surface area contributed by atoms with E-state index in [9.17, 15) is 4.79 Å². The molecule has 2 aromatic rings. The van der Waals surface area contributed by atoms with Gasteiger partial charge in [-0.3, -0.25) is 0 Å². The summed E-state index contributed by atoms with van der Waals surface area (Å²) >= 11 is 1.76. The molecule has 0 amide bonds. The molecule has 0 spiro atoms. The lowest BCUT2D eigenvalue weighted by Gasteiger charge is -2.15. The van der Waals surface area contributed by atoms with Crippen molar-refractivity contribution in [3.05, 3.63) is 52.2 Å². The summed E-state index contributed by atoms with van der Waals surface area (Å²) in [5, 5.41) is 14.4. The molecule has 4 nitrogen and oxygen atoms in total. The second-order valence-electron chi connectivity index (χ2n) is 4.61. The van der Waals surface area contributed by atoms with Crippen LogP contribution in [0.15, 0.2) is 41.8 Å². The highest BCUT2D eigenvalue weighted by molar-refractivity contribution is 7.10. The highest BCUT2D eigenvalue weighted by Crippen LogP contribution is 2.21. The number of ether oxygens (including phenoxy) is 1. The summed E-state index contributed by atoms with van der Waals surface area (Å²) in [6.07, 6.45) is 1.04. The van der Waals surface area contributed by atoms with E-state index in [-0.39, 0.29) is 5.56 Å². The van der Waals surface area contributed by atoms with Gasteiger partial charge in [0.15, 0.2) is 0 Å². The van der Waals surface area contributed by atoms with Crippen LogP contribution in [-0.4, -0.2) is 24.2 Å². The maximum Gasteiger partial charge on any atom is 0.335 e. The van der Waals surface area contributed by atoms with Crippen molar-refractivity contribution in [2.24, 2.45) is 0 Å². The summed E-state index contributed by atoms with van der Waals surface area (Å²) in [6.45, 7) is 3.45. The maximum atomic E-state index is 10.7. The molecule has 0 aliphatic rings. The average Bonchev–Trinajstić information content (AvgIpc) is 3.02. The molecule has 112 valence electrons. The van der Waals surface area contributed by atoms with Crippen LogP contribution in [0.5, 0.6) is 5.75 Å². The maximum absolute atomic E-state index is 10.7. The minimum Gasteiger partial charge on any atom is -0.492 e. The number of benzene rings is 1. The van der Waals surface area contributed by atoms with Gasteiger partial charge in [-0.2, -0.15) is 0 Å². The molecular formula is C16H19NO3S. The number of rotatable bonds is 8. The molecule has 1 aromatic carbocycles. The van der Waals surface area contributed by atoms with Gasteiger partial charge in [-0.1, -0.05) is 13.0 Å². The predicted molar refractivity (Wildman–Crippen MR) is 84.3 cm³/mol. The number of hydrogen-bond acceptors (Lipinski definition) is 4. The van der Waals surface area contributed by atoms with Gasteiger partial charge >= 0.3 is 5.97 Å². The molecule has 1 aromatic heterocycles. The van der Waals surface area contributed by atoms with E-state index in [4.69, 9.17) is 9.84 Å². The number of thiophene rings is 1. The van der Waals surface area contributed by atoms with Gasteiger partial charge in [0, 0.05) is 17.5 Å². The zero-order valence-electron chi connectivity index (χ0n) is 11.9. The molecule has 5 heteroatoms. The third kappa shape index (κ3) is 4.58. The fourth-order valence-corrected chi connectivity index (χ4v) is 2.92. The van der Waals surface area contributed by atoms with Gasteiger partial charge in [0.2, 0.25) is 0 Å². The molecule has 0 aliphatic heterocycles. The van der Waals surface area contributed by atoms with E-state index in [1.807, 2.05) is 0 Å². The van der Waals surface area contributed by atoms with Gasteiger partial charge in [0.25, 0.3) is 0 Å². The third-order valence-electron chi connectivity index (χ3n) is 3.16. The van der Waals surface area contributed by atoms with Gasteiger partial charge in [-0.05, 0) is 42.1 Å². The Morgan fingerprint density at radius 1 is 1.33 bits per heavy atom. The number of carboxylic acids is 1. The fourth-order valence-electron chi connectivity index (χ4n) is 2.03. The van der Waals surface area contributed by atoms with Crippen molar-refractivity contribution in [1.29, 1.82) is 0 Å². The van der Waals surface area contributed by atoms with Gasteiger partial charge in [-0.15, -0.1) is 11.3 Å². The number of carboxylic acid groups (broad SMARTS) is 1. The van der Waals surface area contributed by atoms with Crippen LogP contribution in [0, 0.1) is 0 Å². The quantitative estimate of drug-likeness (QED) is 0.732. The molecule has 0 radical (unpaired) electrons. The topological polar surface area (TPSA) is 58.6 Å². The molecule has 1 heterocycles. The number of nitrogens with one attached hydrogen (secondary N) is 1. The monoisotopic (exact) mass is 305 g/mol. The van der Waals surface area contributed by atoms with Crippen LogP contribution in [-0.2, 0) is 0 Å². The Hall–Kier alpha value is -1.85. The summed E-state index contributed by atoms with van der Waals surface area (Å²) < 4.78 is 5.60. The highest BCUT2D eigenvalue weighted by atomic mass is 32.1. The molecule has 0 fully saturated rings. The van der Waals surface area contributed by atoms with Crippen molar-refractivity contribution < 1.29 is 14.6 Å². The lowest BCUT2D eigenvalue weighted by molar-refractivity contribution is 0.0697. The Bertz CT molecular complexity index is 551. The normalized spacial score (nSPS) is 12.0. The molecule has 1 atom stereocenters. The van der Waals surface area contributed by atoms with Gasteiger partial charge in [0.1, 0.15) is 12.4 Å². The van der Waals surface area contributed by atoms with E-state index in [1.165, 1.54) is 4.88 Å². The zero-order valence-corrected chi connectivity index (χ0v) is 12.7. The summed E-state index contributed by atoms with van der Waals surface area (Å²) in [5.41, 5.74) is 0.268.